The molecule has 0 aromatic rings. The summed E-state index contributed by atoms with van der Waals surface area (Å²) in [6, 6.07) is 0.655. The van der Waals surface area contributed by atoms with Gasteiger partial charge in [0.25, 0.3) is 0 Å². The molecule has 0 aromatic carbocycles. The number of hydrogen-bond donors (Lipinski definition) is 2. The first-order valence-corrected chi connectivity index (χ1v) is 3.69. The zero-order valence-electron chi connectivity index (χ0n) is 6.70. The number of rotatable bonds is 5. The Balaban J connectivity index is 2.95. The molecule has 2 nitrogen and oxygen atoms in total. The first kappa shape index (κ1) is 8.92. The highest BCUT2D eigenvalue weighted by molar-refractivity contribution is 4.56. The van der Waals surface area contributed by atoms with E-state index in [2.05, 4.69) is 24.5 Å². The molecule has 0 radical (unpaired) electrons. The SMILES string of the molecule is CCCC(C)NCNC. The van der Waals surface area contributed by atoms with E-state index in [9.17, 15) is 0 Å². The fraction of sp³-hybridized carbons (Fsp3) is 1.00. The van der Waals surface area contributed by atoms with Crippen LogP contribution in [0.15, 0.2) is 0 Å². The second kappa shape index (κ2) is 6.05. The minimum absolute atomic E-state index is 0.655. The summed E-state index contributed by atoms with van der Waals surface area (Å²) >= 11 is 0. The summed E-state index contributed by atoms with van der Waals surface area (Å²) < 4.78 is 0. The van der Waals surface area contributed by atoms with Crippen LogP contribution in [0, 0.1) is 0 Å². The largest absolute Gasteiger partial charge is 0.308 e. The molecular formula is C7H18N2. The Morgan fingerprint density at radius 1 is 1.44 bits per heavy atom. The lowest BCUT2D eigenvalue weighted by atomic mass is 10.2. The molecule has 0 fully saturated rings. The second-order valence-corrected chi connectivity index (χ2v) is 2.42. The zero-order valence-corrected chi connectivity index (χ0v) is 6.70. The molecule has 2 heteroatoms. The molecule has 0 saturated carbocycles. The first-order valence-electron chi connectivity index (χ1n) is 3.69. The number of nitrogens with one attached hydrogen (secondary N) is 2. The molecule has 0 rings (SSSR count). The van der Waals surface area contributed by atoms with Crippen molar-refractivity contribution in [2.75, 3.05) is 13.7 Å². The van der Waals surface area contributed by atoms with E-state index in [1.165, 1.54) is 12.8 Å². The Labute approximate surface area is 58.0 Å². The summed E-state index contributed by atoms with van der Waals surface area (Å²) in [6.07, 6.45) is 2.53. The van der Waals surface area contributed by atoms with Gasteiger partial charge in [0.15, 0.2) is 0 Å². The van der Waals surface area contributed by atoms with Crippen molar-refractivity contribution in [2.24, 2.45) is 0 Å². The van der Waals surface area contributed by atoms with Crippen molar-refractivity contribution in [1.29, 1.82) is 0 Å². The van der Waals surface area contributed by atoms with Crippen LogP contribution in [0.25, 0.3) is 0 Å². The quantitative estimate of drug-likeness (QED) is 0.541. The maximum absolute atomic E-state index is 3.32. The van der Waals surface area contributed by atoms with Crippen molar-refractivity contribution in [3.8, 4) is 0 Å². The summed E-state index contributed by atoms with van der Waals surface area (Å²) in [4.78, 5) is 0. The lowest BCUT2D eigenvalue weighted by molar-refractivity contribution is 0.492. The zero-order chi connectivity index (χ0) is 7.11. The van der Waals surface area contributed by atoms with Crippen LogP contribution in [-0.4, -0.2) is 19.8 Å². The van der Waals surface area contributed by atoms with Gasteiger partial charge in [-0.15, -0.1) is 0 Å². The van der Waals surface area contributed by atoms with Gasteiger partial charge < -0.3 is 10.6 Å². The van der Waals surface area contributed by atoms with E-state index in [0.29, 0.717) is 6.04 Å². The van der Waals surface area contributed by atoms with Crippen LogP contribution in [0.2, 0.25) is 0 Å². The Bertz CT molecular complexity index is 54.9. The van der Waals surface area contributed by atoms with Crippen LogP contribution in [0.1, 0.15) is 26.7 Å². The summed E-state index contributed by atoms with van der Waals surface area (Å²) in [6.45, 7) is 5.33. The maximum Gasteiger partial charge on any atom is 0.0453 e. The third-order valence-corrected chi connectivity index (χ3v) is 1.35. The third-order valence-electron chi connectivity index (χ3n) is 1.35. The van der Waals surface area contributed by atoms with Crippen LogP contribution >= 0.6 is 0 Å². The normalized spacial score (nSPS) is 13.7. The molecule has 0 bridgehead atoms. The molecule has 0 heterocycles. The average molecular weight is 130 g/mol. The Hall–Kier alpha value is -0.0800. The second-order valence-electron chi connectivity index (χ2n) is 2.42. The molecule has 56 valence electrons. The van der Waals surface area contributed by atoms with Crippen LogP contribution in [0.4, 0.5) is 0 Å². The first-order chi connectivity index (χ1) is 4.31. The standard InChI is InChI=1S/C7H18N2/c1-4-5-7(2)9-6-8-3/h7-9H,4-6H2,1-3H3. The molecular weight excluding hydrogens is 112 g/mol. The van der Waals surface area contributed by atoms with Crippen molar-refractivity contribution in [2.45, 2.75) is 32.7 Å². The van der Waals surface area contributed by atoms with Crippen LogP contribution < -0.4 is 10.6 Å². The van der Waals surface area contributed by atoms with Crippen molar-refractivity contribution >= 4 is 0 Å². The Kier molecular flexibility index (Phi) is 5.99. The van der Waals surface area contributed by atoms with E-state index in [0.717, 1.165) is 6.67 Å². The van der Waals surface area contributed by atoms with Gasteiger partial charge in [0.2, 0.25) is 0 Å². The van der Waals surface area contributed by atoms with E-state index in [-0.39, 0.29) is 0 Å². The van der Waals surface area contributed by atoms with Gasteiger partial charge in [0.1, 0.15) is 0 Å². The molecule has 0 aliphatic rings. The summed E-state index contributed by atoms with van der Waals surface area (Å²) in [5.41, 5.74) is 0. The molecule has 0 aromatic heterocycles. The molecule has 2 N–H and O–H groups in total. The van der Waals surface area contributed by atoms with Crippen molar-refractivity contribution in [1.82, 2.24) is 10.6 Å². The molecule has 0 aliphatic carbocycles. The fourth-order valence-corrected chi connectivity index (χ4v) is 0.811. The van der Waals surface area contributed by atoms with Gasteiger partial charge >= 0.3 is 0 Å². The minimum atomic E-state index is 0.655. The van der Waals surface area contributed by atoms with E-state index < -0.39 is 0 Å². The van der Waals surface area contributed by atoms with Crippen molar-refractivity contribution < 1.29 is 0 Å². The van der Waals surface area contributed by atoms with Gasteiger partial charge in [-0.05, 0) is 20.4 Å². The van der Waals surface area contributed by atoms with Crippen LogP contribution in [-0.2, 0) is 0 Å². The molecule has 1 unspecified atom stereocenters. The van der Waals surface area contributed by atoms with Gasteiger partial charge in [-0.3, -0.25) is 0 Å². The van der Waals surface area contributed by atoms with Gasteiger partial charge in [0.05, 0.1) is 0 Å². The Morgan fingerprint density at radius 2 is 2.11 bits per heavy atom. The van der Waals surface area contributed by atoms with E-state index >= 15 is 0 Å². The molecule has 0 saturated heterocycles. The summed E-state index contributed by atoms with van der Waals surface area (Å²) in [5.74, 6) is 0. The smallest absolute Gasteiger partial charge is 0.0453 e. The van der Waals surface area contributed by atoms with Gasteiger partial charge in [0, 0.05) is 12.7 Å². The van der Waals surface area contributed by atoms with Crippen LogP contribution in [0.3, 0.4) is 0 Å². The third kappa shape index (κ3) is 5.80. The highest BCUT2D eigenvalue weighted by atomic mass is 15.1. The highest BCUT2D eigenvalue weighted by Crippen LogP contribution is 1.92. The summed E-state index contributed by atoms with van der Waals surface area (Å²) in [5, 5.41) is 6.37. The lowest BCUT2D eigenvalue weighted by Gasteiger charge is -2.10. The topological polar surface area (TPSA) is 24.1 Å². The van der Waals surface area contributed by atoms with Crippen molar-refractivity contribution in [3.05, 3.63) is 0 Å². The van der Waals surface area contributed by atoms with Gasteiger partial charge in [-0.1, -0.05) is 13.3 Å². The Morgan fingerprint density at radius 3 is 2.56 bits per heavy atom. The average Bonchev–Trinajstić information content (AvgIpc) is 1.85. The van der Waals surface area contributed by atoms with Crippen LogP contribution in [0.5, 0.6) is 0 Å². The fourth-order valence-electron chi connectivity index (χ4n) is 0.811. The van der Waals surface area contributed by atoms with E-state index in [1.807, 2.05) is 7.05 Å². The molecule has 0 spiro atoms. The maximum atomic E-state index is 3.32. The number of hydrogen-bond acceptors (Lipinski definition) is 2. The van der Waals surface area contributed by atoms with Crippen molar-refractivity contribution in [3.63, 3.8) is 0 Å². The van der Waals surface area contributed by atoms with Gasteiger partial charge in [-0.2, -0.15) is 0 Å². The molecule has 0 aliphatic heterocycles. The van der Waals surface area contributed by atoms with E-state index in [1.54, 1.807) is 0 Å². The summed E-state index contributed by atoms with van der Waals surface area (Å²) in [7, 11) is 1.95. The highest BCUT2D eigenvalue weighted by Gasteiger charge is 1.95. The monoisotopic (exact) mass is 130 g/mol. The van der Waals surface area contributed by atoms with Gasteiger partial charge in [-0.25, -0.2) is 0 Å². The van der Waals surface area contributed by atoms with E-state index in [4.69, 9.17) is 0 Å². The molecule has 1 atom stereocenters. The molecule has 0 amide bonds. The molecule has 9 heavy (non-hydrogen) atoms. The predicted molar refractivity (Wildman–Crippen MR) is 41.4 cm³/mol. The minimum Gasteiger partial charge on any atom is -0.308 e. The predicted octanol–water partition coefficient (Wildman–Crippen LogP) is 0.942. The lowest BCUT2D eigenvalue weighted by Crippen LogP contribution is -2.33.